The highest BCUT2D eigenvalue weighted by atomic mass is 16.3. The fourth-order valence-corrected chi connectivity index (χ4v) is 2.94. The summed E-state index contributed by atoms with van der Waals surface area (Å²) in [4.78, 5) is 18.3. The van der Waals surface area contributed by atoms with E-state index >= 15 is 0 Å². The molecule has 1 saturated heterocycles. The van der Waals surface area contributed by atoms with Crippen molar-refractivity contribution in [1.29, 1.82) is 0 Å². The van der Waals surface area contributed by atoms with Crippen LogP contribution in [0.5, 0.6) is 0 Å². The number of aromatic nitrogens is 4. The quantitative estimate of drug-likeness (QED) is 0.844. The summed E-state index contributed by atoms with van der Waals surface area (Å²) in [7, 11) is 0. The van der Waals surface area contributed by atoms with E-state index in [0.717, 1.165) is 38.2 Å². The van der Waals surface area contributed by atoms with Crippen LogP contribution in [0.4, 0.5) is 5.82 Å². The molecule has 0 spiro atoms. The van der Waals surface area contributed by atoms with Crippen molar-refractivity contribution >= 4 is 11.5 Å². The number of fused-ring (bicyclic) bond motifs is 1. The van der Waals surface area contributed by atoms with Crippen LogP contribution in [-0.4, -0.2) is 44.4 Å². The van der Waals surface area contributed by atoms with Crippen LogP contribution in [-0.2, 0) is 0 Å². The molecule has 1 aliphatic heterocycles. The summed E-state index contributed by atoms with van der Waals surface area (Å²) < 4.78 is 1.47. The van der Waals surface area contributed by atoms with Gasteiger partial charge in [0, 0.05) is 25.8 Å². The van der Waals surface area contributed by atoms with Crippen LogP contribution >= 0.6 is 0 Å². The number of aryl methyl sites for hydroxylation is 1. The zero-order valence-corrected chi connectivity index (χ0v) is 11.5. The number of nitrogens with zero attached hydrogens (tertiary/aromatic N) is 4. The number of aromatic amines is 1. The number of hydrogen-bond donors (Lipinski definition) is 2. The Balaban J connectivity index is 1.91. The van der Waals surface area contributed by atoms with E-state index in [1.165, 1.54) is 4.40 Å². The van der Waals surface area contributed by atoms with Gasteiger partial charge in [0.25, 0.3) is 0 Å². The summed E-state index contributed by atoms with van der Waals surface area (Å²) in [6.07, 6.45) is 3.09. The minimum atomic E-state index is -0.256. The maximum absolute atomic E-state index is 11.6. The van der Waals surface area contributed by atoms with Gasteiger partial charge in [0.2, 0.25) is 0 Å². The molecule has 2 N–H and O–H groups in total. The number of hydrogen-bond acceptors (Lipinski definition) is 5. The highest BCUT2D eigenvalue weighted by Crippen LogP contribution is 2.24. The van der Waals surface area contributed by atoms with Crippen molar-refractivity contribution < 1.29 is 5.11 Å². The van der Waals surface area contributed by atoms with Crippen LogP contribution in [0.25, 0.3) is 5.65 Å². The van der Waals surface area contributed by atoms with Crippen molar-refractivity contribution in [3.8, 4) is 0 Å². The maximum Gasteiger partial charge on any atom is 0.349 e. The van der Waals surface area contributed by atoms with Crippen molar-refractivity contribution in [3.63, 3.8) is 0 Å². The molecule has 7 nitrogen and oxygen atoms in total. The highest BCUT2D eigenvalue weighted by Gasteiger charge is 2.21. The summed E-state index contributed by atoms with van der Waals surface area (Å²) in [5.41, 5.74) is 0.343. The average molecular weight is 277 g/mol. The minimum absolute atomic E-state index is 0.235. The zero-order chi connectivity index (χ0) is 14.1. The monoisotopic (exact) mass is 277 g/mol. The predicted octanol–water partition coefficient (Wildman–Crippen LogP) is 0.325. The molecule has 0 saturated carbocycles. The van der Waals surface area contributed by atoms with Crippen LogP contribution in [0.2, 0.25) is 0 Å². The Morgan fingerprint density at radius 2 is 2.40 bits per heavy atom. The van der Waals surface area contributed by atoms with Gasteiger partial charge < -0.3 is 10.0 Å². The first-order valence-electron chi connectivity index (χ1n) is 6.99. The topological polar surface area (TPSA) is 86.5 Å². The second kappa shape index (κ2) is 5.24. The average Bonchev–Trinajstić information content (AvgIpc) is 2.81. The molecule has 20 heavy (non-hydrogen) atoms. The Kier molecular flexibility index (Phi) is 3.43. The van der Waals surface area contributed by atoms with Gasteiger partial charge in [0.15, 0.2) is 5.65 Å². The molecule has 1 fully saturated rings. The molecule has 1 atom stereocenters. The molecule has 2 aromatic rings. The Morgan fingerprint density at radius 3 is 3.20 bits per heavy atom. The normalized spacial score (nSPS) is 19.7. The molecule has 0 amide bonds. The Bertz CT molecular complexity index is 660. The largest absolute Gasteiger partial charge is 0.396 e. The van der Waals surface area contributed by atoms with Crippen molar-refractivity contribution in [1.82, 2.24) is 19.6 Å². The second-order valence-electron chi connectivity index (χ2n) is 5.35. The number of H-pyrrole nitrogens is 1. The van der Waals surface area contributed by atoms with Crippen LogP contribution in [0.3, 0.4) is 0 Å². The standard InChI is InChI=1S/C13H19N5O2/c1-9-14-11(7-12-15-16-13(20)18(9)12)17-5-2-3-10(8-17)4-6-19/h7,10,19H,2-6,8H2,1H3,(H,16,20). The molecule has 0 bridgehead atoms. The number of aliphatic hydroxyl groups excluding tert-OH is 1. The lowest BCUT2D eigenvalue weighted by atomic mass is 9.95. The van der Waals surface area contributed by atoms with Crippen molar-refractivity contribution in [3.05, 3.63) is 22.4 Å². The first kappa shape index (κ1) is 13.1. The molecule has 3 rings (SSSR count). The second-order valence-corrected chi connectivity index (χ2v) is 5.35. The fourth-order valence-electron chi connectivity index (χ4n) is 2.94. The fraction of sp³-hybridized carbons (Fsp3) is 0.615. The van der Waals surface area contributed by atoms with E-state index in [2.05, 4.69) is 20.1 Å². The van der Waals surface area contributed by atoms with E-state index in [-0.39, 0.29) is 12.3 Å². The van der Waals surface area contributed by atoms with E-state index in [4.69, 9.17) is 5.11 Å². The molecular formula is C13H19N5O2. The number of aliphatic hydroxyl groups is 1. The number of rotatable bonds is 3. The van der Waals surface area contributed by atoms with E-state index in [1.54, 1.807) is 0 Å². The van der Waals surface area contributed by atoms with Gasteiger partial charge in [-0.2, -0.15) is 5.10 Å². The molecule has 0 radical (unpaired) electrons. The predicted molar refractivity (Wildman–Crippen MR) is 75.0 cm³/mol. The van der Waals surface area contributed by atoms with Gasteiger partial charge in [-0.1, -0.05) is 0 Å². The number of piperidine rings is 1. The lowest BCUT2D eigenvalue weighted by Crippen LogP contribution is -2.36. The molecule has 1 aliphatic rings. The van der Waals surface area contributed by atoms with Gasteiger partial charge in [-0.15, -0.1) is 0 Å². The number of nitrogens with one attached hydrogen (secondary N) is 1. The van der Waals surface area contributed by atoms with Crippen LogP contribution < -0.4 is 10.6 Å². The Labute approximate surface area is 116 Å². The van der Waals surface area contributed by atoms with E-state index in [0.29, 0.717) is 17.4 Å². The first-order chi connectivity index (χ1) is 9.69. The third-order valence-electron chi connectivity index (χ3n) is 3.94. The van der Waals surface area contributed by atoms with Crippen molar-refractivity contribution in [2.24, 2.45) is 5.92 Å². The smallest absolute Gasteiger partial charge is 0.349 e. The Morgan fingerprint density at radius 1 is 1.55 bits per heavy atom. The van der Waals surface area contributed by atoms with Crippen LogP contribution in [0.1, 0.15) is 25.1 Å². The first-order valence-corrected chi connectivity index (χ1v) is 6.99. The molecule has 2 aromatic heterocycles. The van der Waals surface area contributed by atoms with E-state index < -0.39 is 0 Å². The lowest BCUT2D eigenvalue weighted by molar-refractivity contribution is 0.244. The summed E-state index contributed by atoms with van der Waals surface area (Å²) in [5.74, 6) is 2.01. The number of anilines is 1. The third-order valence-corrected chi connectivity index (χ3v) is 3.94. The van der Waals surface area contributed by atoms with Crippen LogP contribution in [0.15, 0.2) is 10.9 Å². The molecule has 1 unspecified atom stereocenters. The van der Waals surface area contributed by atoms with Crippen LogP contribution in [0, 0.1) is 12.8 Å². The summed E-state index contributed by atoms with van der Waals surface area (Å²) in [5, 5.41) is 15.5. The van der Waals surface area contributed by atoms with Gasteiger partial charge in [-0.3, -0.25) is 0 Å². The molecule has 7 heteroatoms. The van der Waals surface area contributed by atoms with Gasteiger partial charge >= 0.3 is 5.69 Å². The Hall–Kier alpha value is -1.89. The zero-order valence-electron chi connectivity index (χ0n) is 11.5. The van der Waals surface area contributed by atoms with Gasteiger partial charge in [0.05, 0.1) is 0 Å². The van der Waals surface area contributed by atoms with Gasteiger partial charge in [-0.25, -0.2) is 19.3 Å². The van der Waals surface area contributed by atoms with E-state index in [1.807, 2.05) is 13.0 Å². The third kappa shape index (κ3) is 2.29. The minimum Gasteiger partial charge on any atom is -0.396 e. The molecule has 0 aromatic carbocycles. The van der Waals surface area contributed by atoms with Crippen molar-refractivity contribution in [2.75, 3.05) is 24.6 Å². The molecule has 3 heterocycles. The lowest BCUT2D eigenvalue weighted by Gasteiger charge is -2.33. The van der Waals surface area contributed by atoms with Crippen molar-refractivity contribution in [2.45, 2.75) is 26.2 Å². The molecule has 108 valence electrons. The maximum atomic E-state index is 11.6. The molecule has 0 aliphatic carbocycles. The summed E-state index contributed by atoms with van der Waals surface area (Å²) in [6.45, 7) is 3.90. The SMILES string of the molecule is Cc1nc(N2CCCC(CCO)C2)cc2n[nH]c(=O)n12. The van der Waals surface area contributed by atoms with Gasteiger partial charge in [0.1, 0.15) is 11.6 Å². The summed E-state index contributed by atoms with van der Waals surface area (Å²) in [6, 6.07) is 1.84. The summed E-state index contributed by atoms with van der Waals surface area (Å²) >= 11 is 0. The highest BCUT2D eigenvalue weighted by molar-refractivity contribution is 5.51. The molecular weight excluding hydrogens is 258 g/mol. The van der Waals surface area contributed by atoms with Gasteiger partial charge in [-0.05, 0) is 32.1 Å². The van der Waals surface area contributed by atoms with E-state index in [9.17, 15) is 4.79 Å².